The molecule has 0 aliphatic carbocycles. The van der Waals surface area contributed by atoms with E-state index in [0.717, 1.165) is 33.6 Å². The predicted molar refractivity (Wildman–Crippen MR) is 107 cm³/mol. The van der Waals surface area contributed by atoms with Crippen molar-refractivity contribution in [2.24, 2.45) is 0 Å². The molecule has 0 radical (unpaired) electrons. The maximum atomic E-state index is 12.0. The fraction of sp³-hybridized carbons (Fsp3) is 0.263. The number of halogens is 1. The van der Waals surface area contributed by atoms with Gasteiger partial charge < -0.3 is 9.88 Å². The summed E-state index contributed by atoms with van der Waals surface area (Å²) in [5.41, 5.74) is 2.11. The molecule has 1 N–H and O–H groups in total. The Bertz CT molecular complexity index is 861. The summed E-state index contributed by atoms with van der Waals surface area (Å²) in [5, 5.41) is 3.00. The van der Waals surface area contributed by atoms with Gasteiger partial charge in [-0.2, -0.15) is 0 Å². The molecule has 1 aromatic heterocycles. The summed E-state index contributed by atoms with van der Waals surface area (Å²) in [4.78, 5) is 17.7. The number of amides is 1. The van der Waals surface area contributed by atoms with Crippen LogP contribution in [0, 0.1) is 6.92 Å². The number of nitrogens with zero attached hydrogens (tertiary/aromatic N) is 2. The van der Waals surface area contributed by atoms with Gasteiger partial charge in [-0.3, -0.25) is 4.79 Å². The summed E-state index contributed by atoms with van der Waals surface area (Å²) in [6.07, 6.45) is 0.518. The van der Waals surface area contributed by atoms with E-state index in [9.17, 15) is 4.79 Å². The van der Waals surface area contributed by atoms with Gasteiger partial charge in [0, 0.05) is 34.6 Å². The number of carbonyl (C=O) groups is 1. The van der Waals surface area contributed by atoms with Gasteiger partial charge >= 0.3 is 0 Å². The number of thioether (sulfide) groups is 1. The van der Waals surface area contributed by atoms with Gasteiger partial charge in [-0.25, -0.2) is 4.98 Å². The van der Waals surface area contributed by atoms with Gasteiger partial charge in [0.15, 0.2) is 0 Å². The zero-order valence-electron chi connectivity index (χ0n) is 14.0. The maximum absolute atomic E-state index is 12.0. The van der Waals surface area contributed by atoms with Crippen LogP contribution in [-0.2, 0) is 11.3 Å². The number of hydrogen-bond donors (Lipinski definition) is 1. The highest BCUT2D eigenvalue weighted by Gasteiger charge is 2.07. The zero-order chi connectivity index (χ0) is 17.6. The topological polar surface area (TPSA) is 46.9 Å². The third-order valence-corrected chi connectivity index (χ3v) is 5.46. The largest absolute Gasteiger partial charge is 0.354 e. The number of fused-ring (bicyclic) bond motifs is 1. The number of aromatic nitrogens is 2. The van der Waals surface area contributed by atoms with Gasteiger partial charge in [0.05, 0.1) is 11.0 Å². The van der Waals surface area contributed by atoms with Gasteiger partial charge in [0.25, 0.3) is 0 Å². The van der Waals surface area contributed by atoms with Crippen LogP contribution >= 0.6 is 27.7 Å². The molecule has 0 aliphatic heterocycles. The molecule has 0 saturated carbocycles. The molecular weight excluding hydrogens is 398 g/mol. The van der Waals surface area contributed by atoms with Crippen molar-refractivity contribution in [3.8, 4) is 0 Å². The molecule has 0 atom stereocenters. The smallest absolute Gasteiger partial charge is 0.220 e. The Hall–Kier alpha value is -1.79. The lowest BCUT2D eigenvalue weighted by Gasteiger charge is -2.09. The molecule has 3 aromatic rings. The second-order valence-electron chi connectivity index (χ2n) is 5.70. The van der Waals surface area contributed by atoms with Crippen LogP contribution in [0.2, 0.25) is 0 Å². The monoisotopic (exact) mass is 417 g/mol. The van der Waals surface area contributed by atoms with Crippen molar-refractivity contribution in [3.05, 3.63) is 58.8 Å². The number of carbonyl (C=O) groups excluding carboxylic acids is 1. The number of benzene rings is 2. The molecule has 0 saturated heterocycles. The summed E-state index contributed by atoms with van der Waals surface area (Å²) >= 11 is 5.12. The third kappa shape index (κ3) is 4.86. The number of imidazole rings is 1. The Morgan fingerprint density at radius 2 is 1.96 bits per heavy atom. The number of hydrogen-bond acceptors (Lipinski definition) is 3. The molecule has 3 rings (SSSR count). The molecule has 0 fully saturated rings. The average molecular weight is 418 g/mol. The first-order valence-electron chi connectivity index (χ1n) is 8.20. The van der Waals surface area contributed by atoms with Crippen molar-refractivity contribution in [3.63, 3.8) is 0 Å². The van der Waals surface area contributed by atoms with Crippen LogP contribution in [0.25, 0.3) is 11.0 Å². The number of para-hydroxylation sites is 2. The van der Waals surface area contributed by atoms with Gasteiger partial charge in [0.2, 0.25) is 5.91 Å². The van der Waals surface area contributed by atoms with Gasteiger partial charge in [-0.05, 0) is 43.3 Å². The van der Waals surface area contributed by atoms with E-state index < -0.39 is 0 Å². The normalized spacial score (nSPS) is 11.0. The molecule has 0 bridgehead atoms. The van der Waals surface area contributed by atoms with E-state index in [1.807, 2.05) is 37.3 Å². The summed E-state index contributed by atoms with van der Waals surface area (Å²) in [5.74, 6) is 1.84. The second kappa shape index (κ2) is 8.54. The van der Waals surface area contributed by atoms with Crippen LogP contribution in [0.4, 0.5) is 0 Å². The summed E-state index contributed by atoms with van der Waals surface area (Å²) in [6, 6.07) is 16.2. The van der Waals surface area contributed by atoms with Crippen LogP contribution < -0.4 is 5.32 Å². The summed E-state index contributed by atoms with van der Waals surface area (Å²) in [6.45, 7) is 3.34. The molecule has 2 aromatic carbocycles. The van der Waals surface area contributed by atoms with E-state index >= 15 is 0 Å². The fourth-order valence-corrected chi connectivity index (χ4v) is 3.78. The summed E-state index contributed by atoms with van der Waals surface area (Å²) < 4.78 is 3.21. The lowest BCUT2D eigenvalue weighted by atomic mass is 10.3. The highest BCUT2D eigenvalue weighted by Crippen LogP contribution is 2.21. The Morgan fingerprint density at radius 1 is 1.20 bits per heavy atom. The van der Waals surface area contributed by atoms with E-state index in [2.05, 4.69) is 49.0 Å². The van der Waals surface area contributed by atoms with Crippen molar-refractivity contribution < 1.29 is 4.79 Å². The molecule has 1 amide bonds. The van der Waals surface area contributed by atoms with Crippen LogP contribution in [0.15, 0.2) is 57.9 Å². The Labute approximate surface area is 160 Å². The van der Waals surface area contributed by atoms with Crippen LogP contribution in [0.1, 0.15) is 12.2 Å². The zero-order valence-corrected chi connectivity index (χ0v) is 16.4. The SMILES string of the molecule is Cc1nc2ccccc2n1CCNC(=O)CCSc1ccc(Br)cc1. The second-order valence-corrected chi connectivity index (χ2v) is 7.79. The van der Waals surface area contributed by atoms with Gasteiger partial charge in [-0.1, -0.05) is 28.1 Å². The molecular formula is C19H20BrN3OS. The minimum Gasteiger partial charge on any atom is -0.354 e. The molecule has 6 heteroatoms. The number of rotatable bonds is 7. The third-order valence-electron chi connectivity index (χ3n) is 3.91. The molecule has 0 spiro atoms. The first-order chi connectivity index (χ1) is 12.1. The van der Waals surface area contributed by atoms with Crippen molar-refractivity contribution in [1.29, 1.82) is 0 Å². The molecule has 0 aliphatic rings. The van der Waals surface area contributed by atoms with E-state index in [1.165, 1.54) is 4.90 Å². The molecule has 4 nitrogen and oxygen atoms in total. The molecule has 130 valence electrons. The van der Waals surface area contributed by atoms with Crippen molar-refractivity contribution >= 4 is 44.6 Å². The molecule has 0 unspecified atom stereocenters. The minimum atomic E-state index is 0.0895. The highest BCUT2D eigenvalue weighted by atomic mass is 79.9. The Morgan fingerprint density at radius 3 is 2.76 bits per heavy atom. The van der Waals surface area contributed by atoms with Crippen LogP contribution in [-0.4, -0.2) is 27.8 Å². The predicted octanol–water partition coefficient (Wildman–Crippen LogP) is 4.41. The standard InChI is InChI=1S/C19H20BrN3OS/c1-14-22-17-4-2-3-5-18(17)23(14)12-11-21-19(24)10-13-25-16-8-6-15(20)7-9-16/h2-9H,10-13H2,1H3,(H,21,24). The van der Waals surface area contributed by atoms with E-state index in [0.29, 0.717) is 13.0 Å². The lowest BCUT2D eigenvalue weighted by Crippen LogP contribution is -2.27. The van der Waals surface area contributed by atoms with Crippen molar-refractivity contribution in [2.75, 3.05) is 12.3 Å². The first-order valence-corrected chi connectivity index (χ1v) is 9.98. The van der Waals surface area contributed by atoms with Crippen molar-refractivity contribution in [2.45, 2.75) is 24.8 Å². The van der Waals surface area contributed by atoms with Crippen LogP contribution in [0.3, 0.4) is 0 Å². The van der Waals surface area contributed by atoms with Gasteiger partial charge in [0.1, 0.15) is 5.82 Å². The van der Waals surface area contributed by atoms with Crippen molar-refractivity contribution in [1.82, 2.24) is 14.9 Å². The highest BCUT2D eigenvalue weighted by molar-refractivity contribution is 9.10. The quantitative estimate of drug-likeness (QED) is 0.579. The van der Waals surface area contributed by atoms with E-state index in [4.69, 9.17) is 0 Å². The number of nitrogens with one attached hydrogen (secondary N) is 1. The lowest BCUT2D eigenvalue weighted by molar-refractivity contribution is -0.120. The minimum absolute atomic E-state index is 0.0895. The summed E-state index contributed by atoms with van der Waals surface area (Å²) in [7, 11) is 0. The average Bonchev–Trinajstić information content (AvgIpc) is 2.92. The molecule has 1 heterocycles. The van der Waals surface area contributed by atoms with Crippen LogP contribution in [0.5, 0.6) is 0 Å². The first kappa shape index (κ1) is 18.0. The fourth-order valence-electron chi connectivity index (χ4n) is 2.67. The Kier molecular flexibility index (Phi) is 6.15. The molecule has 25 heavy (non-hydrogen) atoms. The maximum Gasteiger partial charge on any atom is 0.220 e. The van der Waals surface area contributed by atoms with E-state index in [1.54, 1.807) is 11.8 Å². The Balaban J connectivity index is 1.43. The van der Waals surface area contributed by atoms with Gasteiger partial charge in [-0.15, -0.1) is 11.8 Å². The number of aryl methyl sites for hydroxylation is 1. The van der Waals surface area contributed by atoms with E-state index in [-0.39, 0.29) is 5.91 Å².